The number of ether oxygens (including phenoxy) is 1. The van der Waals surface area contributed by atoms with Gasteiger partial charge in [0.15, 0.2) is 12.4 Å². The molecular formula is C17H11FO4. The van der Waals surface area contributed by atoms with Crippen molar-refractivity contribution >= 4 is 16.8 Å². The average Bonchev–Trinajstić information content (AvgIpc) is 2.52. The number of fused-ring (bicyclic) bond motifs is 1. The molecule has 0 aliphatic heterocycles. The van der Waals surface area contributed by atoms with E-state index in [4.69, 9.17) is 9.15 Å². The lowest BCUT2D eigenvalue weighted by Crippen LogP contribution is -2.11. The topological polar surface area (TPSA) is 56.5 Å². The lowest BCUT2D eigenvalue weighted by atomic mass is 10.1. The van der Waals surface area contributed by atoms with Crippen molar-refractivity contribution in [3.8, 4) is 5.75 Å². The number of hydrogen-bond acceptors (Lipinski definition) is 4. The zero-order valence-electron chi connectivity index (χ0n) is 11.4. The Balaban J connectivity index is 1.76. The Labute approximate surface area is 124 Å². The molecule has 0 unspecified atom stereocenters. The lowest BCUT2D eigenvalue weighted by molar-refractivity contribution is 0.0921. The Bertz CT molecular complexity index is 898. The predicted octanol–water partition coefficient (Wildman–Crippen LogP) is 3.19. The summed E-state index contributed by atoms with van der Waals surface area (Å²) >= 11 is 0. The molecule has 0 aliphatic rings. The van der Waals surface area contributed by atoms with Crippen LogP contribution in [0.1, 0.15) is 10.4 Å². The minimum atomic E-state index is -0.474. The van der Waals surface area contributed by atoms with Crippen molar-refractivity contribution in [2.45, 2.75) is 0 Å². The van der Waals surface area contributed by atoms with E-state index >= 15 is 0 Å². The van der Waals surface area contributed by atoms with Crippen LogP contribution in [-0.2, 0) is 0 Å². The van der Waals surface area contributed by atoms with Crippen molar-refractivity contribution in [2.75, 3.05) is 6.61 Å². The number of halogens is 1. The van der Waals surface area contributed by atoms with Gasteiger partial charge in [-0.2, -0.15) is 0 Å². The minimum absolute atomic E-state index is 0.230. The van der Waals surface area contributed by atoms with Crippen molar-refractivity contribution < 1.29 is 18.3 Å². The van der Waals surface area contributed by atoms with E-state index in [0.717, 1.165) is 11.5 Å². The van der Waals surface area contributed by atoms with Gasteiger partial charge in [-0.1, -0.05) is 12.1 Å². The normalized spacial score (nSPS) is 10.6. The maximum absolute atomic E-state index is 13.1. The number of carbonyl (C=O) groups is 1. The Morgan fingerprint density at radius 2 is 1.91 bits per heavy atom. The highest BCUT2D eigenvalue weighted by atomic mass is 19.1. The van der Waals surface area contributed by atoms with Gasteiger partial charge in [0, 0.05) is 23.1 Å². The molecule has 110 valence electrons. The summed E-state index contributed by atoms with van der Waals surface area (Å²) in [5.41, 5.74) is 0.163. The molecule has 0 atom stereocenters. The van der Waals surface area contributed by atoms with Gasteiger partial charge in [0.05, 0.1) is 0 Å². The third-order valence-electron chi connectivity index (χ3n) is 3.11. The number of ketones is 1. The van der Waals surface area contributed by atoms with Gasteiger partial charge < -0.3 is 9.15 Å². The Morgan fingerprint density at radius 3 is 2.73 bits per heavy atom. The largest absolute Gasteiger partial charge is 0.485 e. The van der Waals surface area contributed by atoms with Crippen molar-refractivity contribution in [1.29, 1.82) is 0 Å². The SMILES string of the molecule is O=C(COc1ccc2ccc(=O)oc2c1)c1cccc(F)c1. The summed E-state index contributed by atoms with van der Waals surface area (Å²) in [6.45, 7) is -0.230. The first-order chi connectivity index (χ1) is 10.6. The van der Waals surface area contributed by atoms with E-state index in [1.54, 1.807) is 18.2 Å². The van der Waals surface area contributed by atoms with Gasteiger partial charge in [-0.25, -0.2) is 9.18 Å². The van der Waals surface area contributed by atoms with Crippen LogP contribution in [0.5, 0.6) is 5.75 Å². The smallest absolute Gasteiger partial charge is 0.336 e. The first kappa shape index (κ1) is 14.0. The first-order valence-corrected chi connectivity index (χ1v) is 6.57. The molecule has 3 aromatic rings. The molecule has 0 fully saturated rings. The molecule has 22 heavy (non-hydrogen) atoms. The third kappa shape index (κ3) is 3.03. The first-order valence-electron chi connectivity index (χ1n) is 6.57. The molecule has 0 saturated heterocycles. The van der Waals surface area contributed by atoms with E-state index in [1.165, 1.54) is 30.3 Å². The number of hydrogen-bond donors (Lipinski definition) is 0. The number of rotatable bonds is 4. The highest BCUT2D eigenvalue weighted by Gasteiger charge is 2.08. The summed E-state index contributed by atoms with van der Waals surface area (Å²) in [4.78, 5) is 23.1. The molecule has 0 radical (unpaired) electrons. The van der Waals surface area contributed by atoms with Crippen LogP contribution < -0.4 is 10.4 Å². The van der Waals surface area contributed by atoms with Crippen LogP contribution in [0.15, 0.2) is 63.8 Å². The molecule has 0 saturated carbocycles. The molecular weight excluding hydrogens is 287 g/mol. The zero-order valence-corrected chi connectivity index (χ0v) is 11.4. The summed E-state index contributed by atoms with van der Waals surface area (Å²) in [5, 5.41) is 0.753. The summed E-state index contributed by atoms with van der Waals surface area (Å²) in [6.07, 6.45) is 0. The molecule has 0 spiro atoms. The molecule has 2 aromatic carbocycles. The van der Waals surface area contributed by atoms with Crippen LogP contribution in [0.2, 0.25) is 0 Å². The van der Waals surface area contributed by atoms with Gasteiger partial charge in [-0.05, 0) is 30.3 Å². The van der Waals surface area contributed by atoms with E-state index in [0.29, 0.717) is 11.3 Å². The molecule has 4 nitrogen and oxygen atoms in total. The van der Waals surface area contributed by atoms with Crippen LogP contribution in [0.3, 0.4) is 0 Å². The average molecular weight is 298 g/mol. The van der Waals surface area contributed by atoms with Gasteiger partial charge in [0.2, 0.25) is 0 Å². The zero-order chi connectivity index (χ0) is 15.5. The second-order valence-electron chi connectivity index (χ2n) is 4.68. The molecule has 3 rings (SSSR count). The predicted molar refractivity (Wildman–Crippen MR) is 78.7 cm³/mol. The maximum Gasteiger partial charge on any atom is 0.336 e. The summed E-state index contributed by atoms with van der Waals surface area (Å²) < 4.78 is 23.5. The fourth-order valence-electron chi connectivity index (χ4n) is 2.02. The second kappa shape index (κ2) is 5.81. The lowest BCUT2D eigenvalue weighted by Gasteiger charge is -2.06. The van der Waals surface area contributed by atoms with E-state index in [1.807, 2.05) is 0 Å². The molecule has 5 heteroatoms. The Morgan fingerprint density at radius 1 is 1.09 bits per heavy atom. The van der Waals surface area contributed by atoms with Gasteiger partial charge in [0.25, 0.3) is 0 Å². The molecule has 0 aliphatic carbocycles. The van der Waals surface area contributed by atoms with Gasteiger partial charge in [0.1, 0.15) is 17.1 Å². The fraction of sp³-hybridized carbons (Fsp3) is 0.0588. The minimum Gasteiger partial charge on any atom is -0.485 e. The molecule has 0 amide bonds. The van der Waals surface area contributed by atoms with Gasteiger partial charge in [-0.3, -0.25) is 4.79 Å². The van der Waals surface area contributed by atoms with Crippen LogP contribution in [-0.4, -0.2) is 12.4 Å². The molecule has 1 heterocycles. The molecule has 0 bridgehead atoms. The third-order valence-corrected chi connectivity index (χ3v) is 3.11. The second-order valence-corrected chi connectivity index (χ2v) is 4.68. The Hall–Kier alpha value is -2.95. The summed E-state index contributed by atoms with van der Waals surface area (Å²) in [5.74, 6) is -0.418. The highest BCUT2D eigenvalue weighted by molar-refractivity contribution is 5.97. The van der Waals surface area contributed by atoms with E-state index in [9.17, 15) is 14.0 Å². The summed E-state index contributed by atoms with van der Waals surface area (Å²) in [6, 6.07) is 13.3. The highest BCUT2D eigenvalue weighted by Crippen LogP contribution is 2.19. The fourth-order valence-corrected chi connectivity index (χ4v) is 2.02. The standard InChI is InChI=1S/C17H11FO4/c18-13-3-1-2-12(8-13)15(19)10-21-14-6-4-11-5-7-17(20)22-16(11)9-14/h1-9H,10H2. The van der Waals surface area contributed by atoms with Gasteiger partial charge >= 0.3 is 5.63 Å². The van der Waals surface area contributed by atoms with E-state index in [-0.39, 0.29) is 18.0 Å². The Kier molecular flexibility index (Phi) is 3.70. The molecule has 1 aromatic heterocycles. The van der Waals surface area contributed by atoms with Gasteiger partial charge in [-0.15, -0.1) is 0 Å². The number of carbonyl (C=O) groups excluding carboxylic acids is 1. The maximum atomic E-state index is 13.1. The number of Topliss-reactive ketones (excluding diaryl/α,β-unsaturated/α-hetero) is 1. The van der Waals surface area contributed by atoms with E-state index < -0.39 is 11.4 Å². The monoisotopic (exact) mass is 298 g/mol. The molecule has 0 N–H and O–H groups in total. The van der Waals surface area contributed by atoms with Crippen LogP contribution in [0.25, 0.3) is 11.0 Å². The number of benzene rings is 2. The van der Waals surface area contributed by atoms with Crippen LogP contribution >= 0.6 is 0 Å². The summed E-state index contributed by atoms with van der Waals surface area (Å²) in [7, 11) is 0. The van der Waals surface area contributed by atoms with Crippen molar-refractivity contribution in [3.63, 3.8) is 0 Å². The van der Waals surface area contributed by atoms with Crippen molar-refractivity contribution in [3.05, 3.63) is 76.4 Å². The van der Waals surface area contributed by atoms with E-state index in [2.05, 4.69) is 0 Å². The quantitative estimate of drug-likeness (QED) is 0.548. The van der Waals surface area contributed by atoms with Crippen molar-refractivity contribution in [2.24, 2.45) is 0 Å². The van der Waals surface area contributed by atoms with Crippen molar-refractivity contribution in [1.82, 2.24) is 0 Å². The van der Waals surface area contributed by atoms with Crippen LogP contribution in [0, 0.1) is 5.82 Å². The van der Waals surface area contributed by atoms with Crippen LogP contribution in [0.4, 0.5) is 4.39 Å².